The van der Waals surface area contributed by atoms with Gasteiger partial charge in [0.1, 0.15) is 0 Å². The number of carbonyl (C=O) groups is 1. The number of carbonyl (C=O) groups excluding carboxylic acids is 1. The highest BCUT2D eigenvalue weighted by atomic mass is 32.1. The largest absolute Gasteiger partial charge is 0.379 e. The number of morpholine rings is 1. The van der Waals surface area contributed by atoms with E-state index in [4.69, 9.17) is 4.74 Å². The summed E-state index contributed by atoms with van der Waals surface area (Å²) >= 11 is 1.70. The monoisotopic (exact) mass is 380 g/mol. The molecule has 2 aromatic carbocycles. The molecule has 2 heterocycles. The van der Waals surface area contributed by atoms with Gasteiger partial charge in [-0.1, -0.05) is 42.5 Å². The molecule has 0 unspecified atom stereocenters. The van der Waals surface area contributed by atoms with Crippen molar-refractivity contribution in [1.82, 2.24) is 10.2 Å². The molecule has 1 aliphatic heterocycles. The first-order valence-corrected chi connectivity index (χ1v) is 10.3. The molecular formula is C22H24N2O2S. The van der Waals surface area contributed by atoms with Crippen LogP contribution in [0.25, 0.3) is 10.8 Å². The van der Waals surface area contributed by atoms with E-state index in [-0.39, 0.29) is 11.9 Å². The van der Waals surface area contributed by atoms with Crippen molar-refractivity contribution in [3.63, 3.8) is 0 Å². The average Bonchev–Trinajstić information content (AvgIpc) is 3.24. The van der Waals surface area contributed by atoms with Crippen LogP contribution in [0.1, 0.15) is 17.2 Å². The first-order valence-electron chi connectivity index (χ1n) is 9.38. The van der Waals surface area contributed by atoms with E-state index >= 15 is 0 Å². The van der Waals surface area contributed by atoms with Crippen LogP contribution in [0, 0.1) is 0 Å². The summed E-state index contributed by atoms with van der Waals surface area (Å²) in [6.45, 7) is 3.94. The van der Waals surface area contributed by atoms with Gasteiger partial charge in [0.25, 0.3) is 0 Å². The summed E-state index contributed by atoms with van der Waals surface area (Å²) in [7, 11) is 0. The van der Waals surface area contributed by atoms with Gasteiger partial charge < -0.3 is 10.1 Å². The van der Waals surface area contributed by atoms with Gasteiger partial charge in [0.15, 0.2) is 0 Å². The number of nitrogens with zero attached hydrogens (tertiary/aromatic N) is 1. The average molecular weight is 381 g/mol. The van der Waals surface area contributed by atoms with Crippen LogP contribution in [0.4, 0.5) is 0 Å². The zero-order chi connectivity index (χ0) is 18.5. The van der Waals surface area contributed by atoms with E-state index in [1.807, 2.05) is 24.3 Å². The second-order valence-corrected chi connectivity index (χ2v) is 7.62. The zero-order valence-electron chi connectivity index (χ0n) is 15.3. The van der Waals surface area contributed by atoms with Crippen molar-refractivity contribution in [2.45, 2.75) is 12.5 Å². The highest BCUT2D eigenvalue weighted by Gasteiger charge is 2.23. The number of benzene rings is 2. The van der Waals surface area contributed by atoms with Gasteiger partial charge >= 0.3 is 0 Å². The Labute approximate surface area is 163 Å². The number of hydrogen-bond donors (Lipinski definition) is 1. The Hall–Kier alpha value is -2.21. The van der Waals surface area contributed by atoms with Crippen LogP contribution in [-0.2, 0) is 16.0 Å². The maximum Gasteiger partial charge on any atom is 0.224 e. The summed E-state index contributed by atoms with van der Waals surface area (Å²) in [5.41, 5.74) is 2.34. The molecule has 27 heavy (non-hydrogen) atoms. The summed E-state index contributed by atoms with van der Waals surface area (Å²) < 4.78 is 5.49. The fraction of sp³-hybridized carbons (Fsp3) is 0.318. The van der Waals surface area contributed by atoms with Crippen LogP contribution >= 0.6 is 11.3 Å². The predicted molar refractivity (Wildman–Crippen MR) is 110 cm³/mol. The SMILES string of the molecule is O=C(Cc1cccc2ccccc12)NC[C@@H](c1ccsc1)N1CCOCC1. The lowest BCUT2D eigenvalue weighted by molar-refractivity contribution is -0.120. The van der Waals surface area contributed by atoms with Crippen LogP contribution in [0.5, 0.6) is 0 Å². The molecule has 1 atom stereocenters. The molecule has 0 aliphatic carbocycles. The minimum atomic E-state index is 0.0693. The molecular weight excluding hydrogens is 356 g/mol. The van der Waals surface area contributed by atoms with Crippen molar-refractivity contribution in [1.29, 1.82) is 0 Å². The van der Waals surface area contributed by atoms with E-state index in [1.165, 1.54) is 10.9 Å². The van der Waals surface area contributed by atoms with Gasteiger partial charge in [-0.15, -0.1) is 0 Å². The topological polar surface area (TPSA) is 41.6 Å². The Balaban J connectivity index is 1.43. The third-order valence-corrected chi connectivity index (χ3v) is 5.84. The Morgan fingerprint density at radius 2 is 1.93 bits per heavy atom. The van der Waals surface area contributed by atoms with Crippen molar-refractivity contribution < 1.29 is 9.53 Å². The number of hydrogen-bond acceptors (Lipinski definition) is 4. The van der Waals surface area contributed by atoms with Crippen molar-refractivity contribution in [2.75, 3.05) is 32.8 Å². The van der Waals surface area contributed by atoms with Crippen LogP contribution in [0.15, 0.2) is 59.3 Å². The second-order valence-electron chi connectivity index (χ2n) is 6.84. The fourth-order valence-electron chi connectivity index (χ4n) is 3.70. The molecule has 1 N–H and O–H groups in total. The molecule has 1 aromatic heterocycles. The van der Waals surface area contributed by atoms with Crippen molar-refractivity contribution in [3.05, 3.63) is 70.4 Å². The first-order chi connectivity index (χ1) is 13.3. The number of nitrogens with one attached hydrogen (secondary N) is 1. The normalized spacial score (nSPS) is 16.3. The summed E-state index contributed by atoms with van der Waals surface area (Å²) in [5, 5.41) is 9.76. The number of fused-ring (bicyclic) bond motifs is 1. The number of amides is 1. The molecule has 4 rings (SSSR count). The van der Waals surface area contributed by atoms with Gasteiger partial charge in [-0.25, -0.2) is 0 Å². The molecule has 0 bridgehead atoms. The van der Waals surface area contributed by atoms with E-state index < -0.39 is 0 Å². The minimum absolute atomic E-state index is 0.0693. The summed E-state index contributed by atoms with van der Waals surface area (Å²) in [5.74, 6) is 0.0693. The molecule has 1 amide bonds. The third-order valence-electron chi connectivity index (χ3n) is 5.14. The third kappa shape index (κ3) is 4.38. The molecule has 0 spiro atoms. The van der Waals surface area contributed by atoms with Gasteiger partial charge in [-0.05, 0) is 38.7 Å². The second kappa shape index (κ2) is 8.65. The Morgan fingerprint density at radius 1 is 1.11 bits per heavy atom. The number of thiophene rings is 1. The van der Waals surface area contributed by atoms with Gasteiger partial charge in [0, 0.05) is 19.6 Å². The van der Waals surface area contributed by atoms with Crippen LogP contribution in [0.3, 0.4) is 0 Å². The standard InChI is InChI=1S/C22H24N2O2S/c25-22(14-18-6-3-5-17-4-1-2-7-20(17)18)23-15-21(19-8-13-27-16-19)24-9-11-26-12-10-24/h1-8,13,16,21H,9-12,14-15H2,(H,23,25)/t21-/m0/s1. The number of ether oxygens (including phenoxy) is 1. The van der Waals surface area contributed by atoms with E-state index in [2.05, 4.69) is 45.2 Å². The van der Waals surface area contributed by atoms with E-state index in [0.717, 1.165) is 37.3 Å². The lowest BCUT2D eigenvalue weighted by Gasteiger charge is -2.34. The van der Waals surface area contributed by atoms with Crippen LogP contribution < -0.4 is 5.32 Å². The first kappa shape index (κ1) is 18.2. The molecule has 3 aromatic rings. The Kier molecular flexibility index (Phi) is 5.82. The highest BCUT2D eigenvalue weighted by Crippen LogP contribution is 2.24. The molecule has 0 radical (unpaired) electrons. The highest BCUT2D eigenvalue weighted by molar-refractivity contribution is 7.07. The molecule has 1 fully saturated rings. The molecule has 0 saturated carbocycles. The molecule has 1 aliphatic rings. The van der Waals surface area contributed by atoms with Crippen molar-refractivity contribution in [3.8, 4) is 0 Å². The lowest BCUT2D eigenvalue weighted by Crippen LogP contribution is -2.43. The van der Waals surface area contributed by atoms with Crippen molar-refractivity contribution in [2.24, 2.45) is 0 Å². The quantitative estimate of drug-likeness (QED) is 0.710. The molecule has 5 heteroatoms. The van der Waals surface area contributed by atoms with Gasteiger partial charge in [-0.3, -0.25) is 9.69 Å². The molecule has 1 saturated heterocycles. The Morgan fingerprint density at radius 3 is 2.74 bits per heavy atom. The fourth-order valence-corrected chi connectivity index (χ4v) is 4.41. The molecule has 140 valence electrons. The predicted octanol–water partition coefficient (Wildman–Crippen LogP) is 3.63. The van der Waals surface area contributed by atoms with Gasteiger partial charge in [-0.2, -0.15) is 11.3 Å². The van der Waals surface area contributed by atoms with Crippen LogP contribution in [-0.4, -0.2) is 43.7 Å². The van der Waals surface area contributed by atoms with Crippen LogP contribution in [0.2, 0.25) is 0 Å². The minimum Gasteiger partial charge on any atom is -0.379 e. The van der Waals surface area contributed by atoms with E-state index in [1.54, 1.807) is 11.3 Å². The summed E-state index contributed by atoms with van der Waals surface area (Å²) in [6.07, 6.45) is 0.404. The van der Waals surface area contributed by atoms with E-state index in [0.29, 0.717) is 13.0 Å². The lowest BCUT2D eigenvalue weighted by atomic mass is 10.0. The van der Waals surface area contributed by atoms with Gasteiger partial charge in [0.2, 0.25) is 5.91 Å². The zero-order valence-corrected chi connectivity index (χ0v) is 16.1. The smallest absolute Gasteiger partial charge is 0.224 e. The van der Waals surface area contributed by atoms with E-state index in [9.17, 15) is 4.79 Å². The Bertz CT molecular complexity index is 883. The summed E-state index contributed by atoms with van der Waals surface area (Å²) in [4.78, 5) is 15.1. The maximum absolute atomic E-state index is 12.7. The summed E-state index contributed by atoms with van der Waals surface area (Å²) in [6, 6.07) is 16.7. The number of rotatable bonds is 6. The van der Waals surface area contributed by atoms with Gasteiger partial charge in [0.05, 0.1) is 25.7 Å². The molecule has 4 nitrogen and oxygen atoms in total. The van der Waals surface area contributed by atoms with Crippen molar-refractivity contribution >= 4 is 28.0 Å². The maximum atomic E-state index is 12.7.